The Kier molecular flexibility index (Phi) is 6.52. The number of carbonyl (C=O) groups excluding carboxylic acids is 1. The molecular weight excluding hydrogens is 434 g/mol. The van der Waals surface area contributed by atoms with Crippen LogP contribution in [0.15, 0.2) is 45.6 Å². The molecule has 1 unspecified atom stereocenters. The molecule has 0 saturated carbocycles. The highest BCUT2D eigenvalue weighted by atomic mass is 16.6. The number of hydrogen-bond donors (Lipinski definition) is 0. The van der Waals surface area contributed by atoms with Crippen molar-refractivity contribution in [3.63, 3.8) is 0 Å². The molecule has 3 aromatic rings. The van der Waals surface area contributed by atoms with Gasteiger partial charge in [0.25, 0.3) is 11.6 Å². The molecule has 178 valence electrons. The first-order valence-corrected chi connectivity index (χ1v) is 11.6. The van der Waals surface area contributed by atoms with Crippen molar-refractivity contribution in [2.75, 3.05) is 26.2 Å². The number of non-ortho nitro benzene ring substituents is 1. The zero-order valence-electron chi connectivity index (χ0n) is 20.0. The Morgan fingerprint density at radius 1 is 1.09 bits per heavy atom. The lowest BCUT2D eigenvalue weighted by molar-refractivity contribution is -0.384. The number of nitro benzene ring substituents is 1. The van der Waals surface area contributed by atoms with Gasteiger partial charge in [0.05, 0.1) is 21.9 Å². The van der Waals surface area contributed by atoms with E-state index in [2.05, 4.69) is 18.7 Å². The molecule has 8 nitrogen and oxygen atoms in total. The Labute approximate surface area is 197 Å². The molecule has 0 saturated heterocycles. The minimum Gasteiger partial charge on any atom is -0.450 e. The lowest BCUT2D eigenvalue weighted by Crippen LogP contribution is -2.33. The maximum absolute atomic E-state index is 13.7. The molecule has 1 atom stereocenters. The molecule has 0 bridgehead atoms. The van der Waals surface area contributed by atoms with E-state index in [1.807, 2.05) is 13.8 Å². The summed E-state index contributed by atoms with van der Waals surface area (Å²) in [6.45, 7) is 11.0. The number of hydrogen-bond acceptors (Lipinski definition) is 6. The first kappa shape index (κ1) is 23.6. The standard InChI is InChI=1S/C26H29N3O5/c1-5-27(6-2)11-8-12-28-23(18-9-7-10-19(15-18)29(32)33)22-24(30)20-13-16(3)17(4)14-21(20)34-25(22)26(28)31/h7,9-10,13-15,23H,5-6,8,11-12H2,1-4H3. The van der Waals surface area contributed by atoms with Gasteiger partial charge < -0.3 is 14.2 Å². The number of aryl methyl sites for hydroxylation is 2. The molecule has 2 heterocycles. The number of benzene rings is 2. The Bertz CT molecular complexity index is 1330. The lowest BCUT2D eigenvalue weighted by atomic mass is 9.97. The van der Waals surface area contributed by atoms with E-state index >= 15 is 0 Å². The summed E-state index contributed by atoms with van der Waals surface area (Å²) in [6.07, 6.45) is 0.707. The van der Waals surface area contributed by atoms with Crippen LogP contribution in [-0.4, -0.2) is 46.8 Å². The fraction of sp³-hybridized carbons (Fsp3) is 0.385. The van der Waals surface area contributed by atoms with E-state index < -0.39 is 11.0 Å². The Balaban J connectivity index is 1.86. The summed E-state index contributed by atoms with van der Waals surface area (Å²) >= 11 is 0. The predicted molar refractivity (Wildman–Crippen MR) is 130 cm³/mol. The van der Waals surface area contributed by atoms with Crippen molar-refractivity contribution in [3.8, 4) is 0 Å². The van der Waals surface area contributed by atoms with Gasteiger partial charge in [-0.15, -0.1) is 0 Å². The fourth-order valence-electron chi connectivity index (χ4n) is 4.67. The largest absolute Gasteiger partial charge is 0.450 e. The van der Waals surface area contributed by atoms with Crippen LogP contribution in [0.4, 0.5) is 5.69 Å². The maximum atomic E-state index is 13.7. The van der Waals surface area contributed by atoms with Gasteiger partial charge >= 0.3 is 0 Å². The van der Waals surface area contributed by atoms with Crippen molar-refractivity contribution in [1.82, 2.24) is 9.80 Å². The predicted octanol–water partition coefficient (Wildman–Crippen LogP) is 4.60. The van der Waals surface area contributed by atoms with Gasteiger partial charge in [0.1, 0.15) is 5.58 Å². The molecule has 1 aromatic heterocycles. The molecule has 2 aromatic carbocycles. The van der Waals surface area contributed by atoms with Crippen molar-refractivity contribution >= 4 is 22.6 Å². The molecular formula is C26H29N3O5. The molecule has 1 amide bonds. The third kappa shape index (κ3) is 4.09. The van der Waals surface area contributed by atoms with E-state index in [-0.39, 0.29) is 28.3 Å². The minimum absolute atomic E-state index is 0.0279. The molecule has 0 spiro atoms. The van der Waals surface area contributed by atoms with E-state index in [4.69, 9.17) is 4.42 Å². The normalized spacial score (nSPS) is 15.4. The number of carbonyl (C=O) groups is 1. The van der Waals surface area contributed by atoms with E-state index in [1.165, 1.54) is 12.1 Å². The number of nitro groups is 1. The third-order valence-electron chi connectivity index (χ3n) is 6.75. The SMILES string of the molecule is CCN(CC)CCCN1C(=O)c2oc3cc(C)c(C)cc3c(=O)c2C1c1cccc([N+](=O)[O-])c1. The summed E-state index contributed by atoms with van der Waals surface area (Å²) in [6, 6.07) is 8.98. The van der Waals surface area contributed by atoms with Crippen LogP contribution in [0.1, 0.15) is 59.1 Å². The highest BCUT2D eigenvalue weighted by Crippen LogP contribution is 2.39. The summed E-state index contributed by atoms with van der Waals surface area (Å²) in [5, 5.41) is 11.8. The average Bonchev–Trinajstić information content (AvgIpc) is 3.10. The first-order valence-electron chi connectivity index (χ1n) is 11.6. The number of amides is 1. The van der Waals surface area contributed by atoms with Gasteiger partial charge in [-0.3, -0.25) is 19.7 Å². The zero-order chi connectivity index (χ0) is 24.6. The summed E-state index contributed by atoms with van der Waals surface area (Å²) in [5.41, 5.74) is 2.72. The van der Waals surface area contributed by atoms with Crippen LogP contribution in [0.3, 0.4) is 0 Å². The van der Waals surface area contributed by atoms with Crippen molar-refractivity contribution in [2.24, 2.45) is 0 Å². The first-order chi connectivity index (χ1) is 16.3. The molecule has 0 fully saturated rings. The topological polar surface area (TPSA) is 96.9 Å². The van der Waals surface area contributed by atoms with Gasteiger partial charge in [0.15, 0.2) is 5.43 Å². The summed E-state index contributed by atoms with van der Waals surface area (Å²) in [5.74, 6) is -0.330. The van der Waals surface area contributed by atoms with Gasteiger partial charge in [0, 0.05) is 18.7 Å². The van der Waals surface area contributed by atoms with Crippen LogP contribution in [0, 0.1) is 24.0 Å². The number of nitrogens with zero attached hydrogens (tertiary/aromatic N) is 3. The summed E-state index contributed by atoms with van der Waals surface area (Å²) < 4.78 is 6.03. The Morgan fingerprint density at radius 2 is 1.79 bits per heavy atom. The second-order valence-corrected chi connectivity index (χ2v) is 8.74. The average molecular weight is 464 g/mol. The minimum atomic E-state index is -0.735. The number of rotatable bonds is 8. The van der Waals surface area contributed by atoms with Crippen LogP contribution >= 0.6 is 0 Å². The van der Waals surface area contributed by atoms with Crippen molar-refractivity contribution in [2.45, 2.75) is 40.2 Å². The highest BCUT2D eigenvalue weighted by molar-refractivity contribution is 5.99. The van der Waals surface area contributed by atoms with Crippen LogP contribution in [0.25, 0.3) is 11.0 Å². The Hall–Kier alpha value is -3.52. The van der Waals surface area contributed by atoms with E-state index in [0.717, 1.165) is 30.8 Å². The van der Waals surface area contributed by atoms with Crippen molar-refractivity contribution in [1.29, 1.82) is 0 Å². The van der Waals surface area contributed by atoms with E-state index in [0.29, 0.717) is 29.5 Å². The highest BCUT2D eigenvalue weighted by Gasteiger charge is 2.42. The molecule has 34 heavy (non-hydrogen) atoms. The third-order valence-corrected chi connectivity index (χ3v) is 6.75. The number of fused-ring (bicyclic) bond motifs is 2. The van der Waals surface area contributed by atoms with Gasteiger partial charge in [-0.2, -0.15) is 0 Å². The molecule has 8 heteroatoms. The smallest absolute Gasteiger partial charge is 0.290 e. The van der Waals surface area contributed by atoms with Crippen LogP contribution in [0.2, 0.25) is 0 Å². The van der Waals surface area contributed by atoms with Gasteiger partial charge in [-0.05, 0) is 68.7 Å². The van der Waals surface area contributed by atoms with E-state index in [9.17, 15) is 19.7 Å². The second-order valence-electron chi connectivity index (χ2n) is 8.74. The van der Waals surface area contributed by atoms with E-state index in [1.54, 1.807) is 29.2 Å². The van der Waals surface area contributed by atoms with Crippen LogP contribution in [-0.2, 0) is 0 Å². The fourth-order valence-corrected chi connectivity index (χ4v) is 4.67. The maximum Gasteiger partial charge on any atom is 0.290 e. The monoisotopic (exact) mass is 463 g/mol. The van der Waals surface area contributed by atoms with Crippen molar-refractivity contribution < 1.29 is 14.1 Å². The lowest BCUT2D eigenvalue weighted by Gasteiger charge is -2.26. The molecule has 1 aliphatic heterocycles. The molecule has 0 aliphatic carbocycles. The molecule has 0 N–H and O–H groups in total. The summed E-state index contributed by atoms with van der Waals surface area (Å²) in [7, 11) is 0. The van der Waals surface area contributed by atoms with Gasteiger partial charge in [-0.1, -0.05) is 26.0 Å². The van der Waals surface area contributed by atoms with Crippen LogP contribution in [0.5, 0.6) is 0 Å². The quantitative estimate of drug-likeness (QED) is 0.358. The van der Waals surface area contributed by atoms with Crippen LogP contribution < -0.4 is 5.43 Å². The van der Waals surface area contributed by atoms with Gasteiger partial charge in [-0.25, -0.2) is 0 Å². The molecule has 4 rings (SSSR count). The second kappa shape index (κ2) is 9.38. The molecule has 1 aliphatic rings. The Morgan fingerprint density at radius 3 is 2.47 bits per heavy atom. The molecule has 0 radical (unpaired) electrons. The zero-order valence-corrected chi connectivity index (χ0v) is 20.0. The summed E-state index contributed by atoms with van der Waals surface area (Å²) in [4.78, 5) is 42.0. The van der Waals surface area contributed by atoms with Gasteiger partial charge in [0.2, 0.25) is 5.76 Å². The van der Waals surface area contributed by atoms with Crippen molar-refractivity contribution in [3.05, 3.63) is 84.7 Å².